The zero-order valence-corrected chi connectivity index (χ0v) is 24.9. The van der Waals surface area contributed by atoms with Gasteiger partial charge in [-0.3, -0.25) is 0 Å². The van der Waals surface area contributed by atoms with Gasteiger partial charge in [-0.15, -0.1) is 0 Å². The van der Waals surface area contributed by atoms with Gasteiger partial charge >= 0.3 is 0 Å². The molecule has 0 saturated heterocycles. The molecule has 0 aliphatic carbocycles. The predicted molar refractivity (Wildman–Crippen MR) is 167 cm³/mol. The van der Waals surface area contributed by atoms with Crippen molar-refractivity contribution < 1.29 is 0 Å². The third-order valence-corrected chi connectivity index (χ3v) is 9.14. The molecule has 0 aliphatic rings. The molecule has 7 rings (SSSR count). The van der Waals surface area contributed by atoms with Gasteiger partial charge in [-0.2, -0.15) is 28.8 Å². The molecule has 4 aromatic heterocycles. The van der Waals surface area contributed by atoms with Gasteiger partial charge in [0.05, 0.1) is 10.7 Å². The molecule has 6 nitrogen and oxygen atoms in total. The second-order valence-electron chi connectivity index (χ2n) is 8.29. The maximum atomic E-state index is 5.12. The van der Waals surface area contributed by atoms with Crippen molar-refractivity contribution in [1.29, 1.82) is 0 Å². The molecular weight excluding hydrogens is 789 g/mol. The van der Waals surface area contributed by atoms with Gasteiger partial charge in [0.25, 0.3) is 0 Å². The molecule has 0 fully saturated rings. The van der Waals surface area contributed by atoms with Gasteiger partial charge in [-0.1, -0.05) is 91.0 Å². The van der Waals surface area contributed by atoms with Crippen LogP contribution in [-0.2, 0) is 0 Å². The Labute approximate surface area is 246 Å². The lowest BCUT2D eigenvalue weighted by atomic mass is 10.2. The van der Waals surface area contributed by atoms with E-state index in [1.807, 2.05) is 68.1 Å². The van der Waals surface area contributed by atoms with E-state index in [4.69, 9.17) is 15.3 Å². The number of rotatable bonds is 3. The molecular formula is C27H15I3N6. The molecule has 7 aromatic rings. The van der Waals surface area contributed by atoms with Crippen molar-refractivity contribution in [3.05, 3.63) is 102 Å². The fraction of sp³-hybridized carbons (Fsp3) is 0. The van der Waals surface area contributed by atoms with Crippen LogP contribution in [0.2, 0.25) is 0 Å². The van der Waals surface area contributed by atoms with E-state index in [1.165, 1.54) is 0 Å². The molecule has 9 heteroatoms. The molecule has 174 valence electrons. The quantitative estimate of drug-likeness (QED) is 0.175. The van der Waals surface area contributed by atoms with E-state index in [1.54, 1.807) is 0 Å². The predicted octanol–water partition coefficient (Wildman–Crippen LogP) is 7.44. The average Bonchev–Trinajstić information content (AvgIpc) is 3.57. The summed E-state index contributed by atoms with van der Waals surface area (Å²) in [6.45, 7) is 0. The van der Waals surface area contributed by atoms with Crippen LogP contribution in [0.3, 0.4) is 0 Å². The van der Waals surface area contributed by atoms with E-state index in [-0.39, 0.29) is 0 Å². The normalized spacial score (nSPS) is 11.8. The molecule has 36 heavy (non-hydrogen) atoms. The summed E-state index contributed by atoms with van der Waals surface area (Å²) < 4.78 is 9.12. The Hall–Kier alpha value is -2.52. The second-order valence-corrected chi connectivity index (χ2v) is 11.5. The largest absolute Gasteiger partial charge is 0.194 e. The minimum atomic E-state index is 0.925. The summed E-state index contributed by atoms with van der Waals surface area (Å²) in [6.07, 6.45) is 0. The Bertz CT molecular complexity index is 1650. The lowest BCUT2D eigenvalue weighted by Gasteiger charge is -2.03. The summed E-state index contributed by atoms with van der Waals surface area (Å²) in [7, 11) is 0. The molecule has 0 unspecified atom stereocenters. The maximum Gasteiger partial charge on any atom is 0.175 e. The van der Waals surface area contributed by atoms with Crippen LogP contribution in [0.4, 0.5) is 0 Å². The van der Waals surface area contributed by atoms with E-state index in [0.29, 0.717) is 0 Å². The van der Waals surface area contributed by atoms with E-state index in [0.717, 1.165) is 61.4 Å². The molecule has 0 atom stereocenters. The van der Waals surface area contributed by atoms with Crippen LogP contribution in [0.5, 0.6) is 0 Å². The van der Waals surface area contributed by atoms with Crippen LogP contribution in [0, 0.1) is 10.7 Å². The molecule has 0 aliphatic heterocycles. The summed E-state index contributed by atoms with van der Waals surface area (Å²) in [5.74, 6) is 0. The second kappa shape index (κ2) is 8.80. The van der Waals surface area contributed by atoms with Crippen molar-refractivity contribution in [2.24, 2.45) is 0 Å². The van der Waals surface area contributed by atoms with E-state index >= 15 is 0 Å². The molecule has 0 saturated carbocycles. The highest BCUT2D eigenvalue weighted by atomic mass is 127. The molecule has 4 heterocycles. The average molecular weight is 804 g/mol. The first-order chi connectivity index (χ1) is 17.6. The number of hydrogen-bond donors (Lipinski definition) is 0. The summed E-state index contributed by atoms with van der Waals surface area (Å²) in [5.41, 5.74) is 8.76. The highest BCUT2D eigenvalue weighted by Gasteiger charge is 2.27. The molecule has 0 radical (unpaired) electrons. The zero-order valence-electron chi connectivity index (χ0n) is 18.5. The summed E-state index contributed by atoms with van der Waals surface area (Å²) in [6, 6.07) is 30.9. The molecule has 0 amide bonds. The lowest BCUT2D eigenvalue weighted by molar-refractivity contribution is 0.829. The lowest BCUT2D eigenvalue weighted by Crippen LogP contribution is -2.06. The zero-order chi connectivity index (χ0) is 24.4. The minimum absolute atomic E-state index is 0.925. The maximum absolute atomic E-state index is 5.12. The van der Waals surface area contributed by atoms with Crippen molar-refractivity contribution >= 4 is 84.7 Å². The van der Waals surface area contributed by atoms with Gasteiger partial charge in [-0.25, -0.2) is 0 Å². The first kappa shape index (κ1) is 22.7. The number of nitrogens with zero attached hydrogens (tertiary/aromatic N) is 6. The van der Waals surface area contributed by atoms with Crippen LogP contribution in [0.15, 0.2) is 91.0 Å². The molecule has 0 spiro atoms. The van der Waals surface area contributed by atoms with Gasteiger partial charge < -0.3 is 0 Å². The molecule has 0 bridgehead atoms. The monoisotopic (exact) mass is 804 g/mol. The van der Waals surface area contributed by atoms with Crippen LogP contribution >= 0.6 is 67.8 Å². The first-order valence-electron chi connectivity index (χ1n) is 11.2. The SMILES string of the molecule is Ic1c(-c2ccccc2)nn2c1n1nc(-c3ccccc3)c(I)c1n1nc(-c3ccccc3)c(I)c21. The topological polar surface area (TPSA) is 51.9 Å². The standard InChI is InChI=1S/C27H15I3N6/c28-19-22(16-10-4-1-5-11-16)31-34-25(19)35-27(21(30)24(32-35)18-14-8-3-9-15-18)36-26(34)20(29)23(33-36)17-12-6-2-7-13-17/h1-15H. The van der Waals surface area contributed by atoms with Crippen LogP contribution < -0.4 is 0 Å². The van der Waals surface area contributed by atoms with E-state index in [9.17, 15) is 0 Å². The summed E-state index contributed by atoms with van der Waals surface area (Å²) in [4.78, 5) is 0. The van der Waals surface area contributed by atoms with Crippen molar-refractivity contribution in [2.45, 2.75) is 0 Å². The first-order valence-corrected chi connectivity index (χ1v) is 14.4. The van der Waals surface area contributed by atoms with Crippen LogP contribution in [0.25, 0.3) is 50.7 Å². The number of fused-ring (bicyclic) bond motifs is 6. The van der Waals surface area contributed by atoms with E-state index in [2.05, 4.69) is 104 Å². The fourth-order valence-electron chi connectivity index (χ4n) is 4.50. The van der Waals surface area contributed by atoms with Gasteiger partial charge in [0.15, 0.2) is 16.9 Å². The third-order valence-electron chi connectivity index (χ3n) is 6.16. The Kier molecular flexibility index (Phi) is 5.54. The van der Waals surface area contributed by atoms with Gasteiger partial charge in [0, 0.05) is 16.7 Å². The van der Waals surface area contributed by atoms with Crippen molar-refractivity contribution in [1.82, 2.24) is 28.8 Å². The Morgan fingerprint density at radius 1 is 0.389 bits per heavy atom. The van der Waals surface area contributed by atoms with Crippen LogP contribution in [0.1, 0.15) is 0 Å². The van der Waals surface area contributed by atoms with Crippen molar-refractivity contribution in [3.63, 3.8) is 0 Å². The third kappa shape index (κ3) is 3.35. The Balaban J connectivity index is 1.67. The van der Waals surface area contributed by atoms with Crippen LogP contribution in [-0.4, -0.2) is 28.8 Å². The van der Waals surface area contributed by atoms with Gasteiger partial charge in [0.2, 0.25) is 0 Å². The summed E-state index contributed by atoms with van der Waals surface area (Å²) >= 11 is 7.22. The minimum Gasteiger partial charge on any atom is -0.194 e. The highest BCUT2D eigenvalue weighted by molar-refractivity contribution is 14.1. The Morgan fingerprint density at radius 3 is 0.889 bits per heavy atom. The molecule has 3 aromatic carbocycles. The van der Waals surface area contributed by atoms with Crippen molar-refractivity contribution in [2.75, 3.05) is 0 Å². The van der Waals surface area contributed by atoms with E-state index < -0.39 is 0 Å². The number of aromatic nitrogens is 6. The number of benzene rings is 3. The molecule has 0 N–H and O–H groups in total. The summed E-state index contributed by atoms with van der Waals surface area (Å²) in [5, 5.41) is 15.4. The highest BCUT2D eigenvalue weighted by Crippen LogP contribution is 2.36. The fourth-order valence-corrected chi connectivity index (χ4v) is 7.13. The van der Waals surface area contributed by atoms with Gasteiger partial charge in [0.1, 0.15) is 17.1 Å². The smallest absolute Gasteiger partial charge is 0.175 e. The Morgan fingerprint density at radius 2 is 0.639 bits per heavy atom. The number of hydrogen-bond acceptors (Lipinski definition) is 3. The van der Waals surface area contributed by atoms with Gasteiger partial charge in [-0.05, 0) is 67.8 Å². The number of halogens is 3. The van der Waals surface area contributed by atoms with Crippen molar-refractivity contribution in [3.8, 4) is 33.8 Å².